The van der Waals surface area contributed by atoms with E-state index in [9.17, 15) is 4.21 Å². The van der Waals surface area contributed by atoms with Crippen LogP contribution in [0.5, 0.6) is 0 Å². The summed E-state index contributed by atoms with van der Waals surface area (Å²) in [7, 11) is -1.22. The highest BCUT2D eigenvalue weighted by molar-refractivity contribution is 7.87. The molecule has 0 aromatic carbocycles. The summed E-state index contributed by atoms with van der Waals surface area (Å²) in [6.45, 7) is 5.60. The van der Waals surface area contributed by atoms with Crippen LogP contribution >= 0.6 is 0 Å². The lowest BCUT2D eigenvalue weighted by atomic mass is 10.3. The molecule has 0 aliphatic heterocycles. The fourth-order valence-corrected chi connectivity index (χ4v) is 1.41. The van der Waals surface area contributed by atoms with E-state index in [1.54, 1.807) is 18.2 Å². The molecule has 0 aliphatic rings. The summed E-state index contributed by atoms with van der Waals surface area (Å²) in [5, 5.41) is 8.64. The first-order valence-corrected chi connectivity index (χ1v) is 5.64. The Balaban J connectivity index is 2.83. The van der Waals surface area contributed by atoms with Crippen molar-refractivity contribution >= 4 is 16.8 Å². The van der Waals surface area contributed by atoms with Crippen molar-refractivity contribution in [1.29, 1.82) is 5.26 Å². The molecule has 0 saturated carbocycles. The third kappa shape index (κ3) is 3.33. The van der Waals surface area contributed by atoms with E-state index in [1.165, 1.54) is 0 Å². The van der Waals surface area contributed by atoms with Crippen molar-refractivity contribution in [3.05, 3.63) is 23.9 Å². The minimum Gasteiger partial charge on any atom is -0.289 e. The van der Waals surface area contributed by atoms with Gasteiger partial charge in [-0.3, -0.25) is 4.72 Å². The van der Waals surface area contributed by atoms with Crippen LogP contribution in [0.2, 0.25) is 0 Å². The van der Waals surface area contributed by atoms with Crippen LogP contribution in [0.25, 0.3) is 0 Å². The number of nitrogens with one attached hydrogen (secondary N) is 1. The molecule has 15 heavy (non-hydrogen) atoms. The van der Waals surface area contributed by atoms with Gasteiger partial charge in [-0.2, -0.15) is 5.26 Å². The van der Waals surface area contributed by atoms with Gasteiger partial charge in [0.15, 0.2) is 0 Å². The van der Waals surface area contributed by atoms with Crippen molar-refractivity contribution in [3.63, 3.8) is 0 Å². The monoisotopic (exact) mass is 223 g/mol. The van der Waals surface area contributed by atoms with Crippen molar-refractivity contribution in [2.75, 3.05) is 4.72 Å². The van der Waals surface area contributed by atoms with Gasteiger partial charge >= 0.3 is 0 Å². The zero-order valence-corrected chi connectivity index (χ0v) is 9.76. The highest BCUT2D eigenvalue weighted by Crippen LogP contribution is 2.14. The molecular formula is C10H13N3OS. The number of rotatable bonds is 2. The van der Waals surface area contributed by atoms with Crippen LogP contribution in [0.3, 0.4) is 0 Å². The van der Waals surface area contributed by atoms with E-state index in [2.05, 4.69) is 9.71 Å². The summed E-state index contributed by atoms with van der Waals surface area (Å²) in [6.07, 6.45) is 0. The third-order valence-electron chi connectivity index (χ3n) is 1.62. The number of hydrogen-bond acceptors (Lipinski definition) is 3. The van der Waals surface area contributed by atoms with Crippen molar-refractivity contribution in [1.82, 2.24) is 4.98 Å². The largest absolute Gasteiger partial charge is 0.289 e. The molecule has 1 N–H and O–H groups in total. The van der Waals surface area contributed by atoms with E-state index in [1.807, 2.05) is 26.8 Å². The van der Waals surface area contributed by atoms with Crippen LogP contribution in [0, 0.1) is 11.3 Å². The zero-order valence-electron chi connectivity index (χ0n) is 8.94. The van der Waals surface area contributed by atoms with Gasteiger partial charge in [-0.1, -0.05) is 6.07 Å². The van der Waals surface area contributed by atoms with Gasteiger partial charge in [-0.05, 0) is 32.9 Å². The summed E-state index contributed by atoms with van der Waals surface area (Å²) in [5.74, 6) is 0.460. The maximum Gasteiger partial charge on any atom is 0.142 e. The summed E-state index contributed by atoms with van der Waals surface area (Å²) in [5.41, 5.74) is 0.311. The molecular weight excluding hydrogens is 210 g/mol. The van der Waals surface area contributed by atoms with E-state index >= 15 is 0 Å². The number of anilines is 1. The fourth-order valence-electron chi connectivity index (χ4n) is 0.802. The summed E-state index contributed by atoms with van der Waals surface area (Å²) in [4.78, 5) is 3.98. The molecule has 1 unspecified atom stereocenters. The van der Waals surface area contributed by atoms with E-state index in [0.29, 0.717) is 11.5 Å². The van der Waals surface area contributed by atoms with E-state index in [-0.39, 0.29) is 4.75 Å². The molecule has 0 radical (unpaired) electrons. The average Bonchev–Trinajstić information content (AvgIpc) is 2.16. The smallest absolute Gasteiger partial charge is 0.142 e. The molecule has 0 aliphatic carbocycles. The quantitative estimate of drug-likeness (QED) is 0.831. The molecule has 1 heterocycles. The molecule has 0 fully saturated rings. The minimum absolute atomic E-state index is 0.311. The predicted octanol–water partition coefficient (Wildman–Crippen LogP) is 1.83. The van der Waals surface area contributed by atoms with Crippen LogP contribution in [0.4, 0.5) is 5.82 Å². The molecule has 0 bridgehead atoms. The Morgan fingerprint density at radius 3 is 2.67 bits per heavy atom. The van der Waals surface area contributed by atoms with Gasteiger partial charge in [-0.15, -0.1) is 0 Å². The van der Waals surface area contributed by atoms with Crippen LogP contribution < -0.4 is 4.72 Å². The van der Waals surface area contributed by atoms with Crippen LogP contribution in [0.1, 0.15) is 26.5 Å². The molecule has 1 atom stereocenters. The van der Waals surface area contributed by atoms with Gasteiger partial charge in [0.25, 0.3) is 0 Å². The maximum absolute atomic E-state index is 11.7. The molecule has 80 valence electrons. The van der Waals surface area contributed by atoms with E-state index < -0.39 is 11.0 Å². The lowest BCUT2D eigenvalue weighted by Crippen LogP contribution is -2.27. The highest BCUT2D eigenvalue weighted by atomic mass is 32.2. The molecule has 0 amide bonds. The molecule has 0 spiro atoms. The Bertz CT molecular complexity index is 417. The Morgan fingerprint density at radius 1 is 1.47 bits per heavy atom. The summed E-state index contributed by atoms with van der Waals surface area (Å²) < 4.78 is 14.1. The molecule has 1 aromatic rings. The molecule has 1 aromatic heterocycles. The number of pyridine rings is 1. The Labute approximate surface area is 91.9 Å². The standard InChI is InChI=1S/C10H13N3OS/c1-10(2,3)15(14)13-9-6-4-5-8(7-11)12-9/h4-6H,1-3H3,(H,12,13). The van der Waals surface area contributed by atoms with Gasteiger partial charge in [-0.25, -0.2) is 9.19 Å². The van der Waals surface area contributed by atoms with Crippen molar-refractivity contribution in [2.45, 2.75) is 25.5 Å². The van der Waals surface area contributed by atoms with Gasteiger partial charge in [0.1, 0.15) is 28.6 Å². The van der Waals surface area contributed by atoms with Crippen LogP contribution in [-0.2, 0) is 11.0 Å². The van der Waals surface area contributed by atoms with E-state index in [4.69, 9.17) is 5.26 Å². The third-order valence-corrected chi connectivity index (χ3v) is 3.12. The van der Waals surface area contributed by atoms with Gasteiger partial charge in [0.05, 0.1) is 4.75 Å². The summed E-state index contributed by atoms with van der Waals surface area (Å²) >= 11 is 0. The zero-order chi connectivity index (χ0) is 11.5. The minimum atomic E-state index is -1.22. The van der Waals surface area contributed by atoms with Crippen LogP contribution in [-0.4, -0.2) is 13.9 Å². The van der Waals surface area contributed by atoms with Gasteiger partial charge in [0.2, 0.25) is 0 Å². The van der Waals surface area contributed by atoms with Crippen molar-refractivity contribution < 1.29 is 4.21 Å². The van der Waals surface area contributed by atoms with Crippen LogP contribution in [0.15, 0.2) is 18.2 Å². The molecule has 5 heteroatoms. The fraction of sp³-hybridized carbons (Fsp3) is 0.400. The van der Waals surface area contributed by atoms with Crippen molar-refractivity contribution in [3.8, 4) is 6.07 Å². The average molecular weight is 223 g/mol. The second kappa shape index (κ2) is 4.41. The molecule has 1 rings (SSSR count). The number of aromatic nitrogens is 1. The Morgan fingerprint density at radius 2 is 2.13 bits per heavy atom. The number of hydrogen-bond donors (Lipinski definition) is 1. The lowest BCUT2D eigenvalue weighted by Gasteiger charge is -2.18. The number of nitrogens with zero attached hydrogens (tertiary/aromatic N) is 2. The molecule has 4 nitrogen and oxygen atoms in total. The topological polar surface area (TPSA) is 65.8 Å². The first kappa shape index (κ1) is 11.7. The summed E-state index contributed by atoms with van der Waals surface area (Å²) in [6, 6.07) is 6.92. The second-order valence-corrected chi connectivity index (χ2v) is 5.97. The lowest BCUT2D eigenvalue weighted by molar-refractivity contribution is 0.653. The first-order valence-electron chi connectivity index (χ1n) is 4.49. The molecule has 0 saturated heterocycles. The second-order valence-electron chi connectivity index (χ2n) is 4.00. The van der Waals surface area contributed by atoms with E-state index in [0.717, 1.165) is 0 Å². The highest BCUT2D eigenvalue weighted by Gasteiger charge is 2.19. The SMILES string of the molecule is CC(C)(C)S(=O)Nc1cccc(C#N)n1. The van der Waals surface area contributed by atoms with Gasteiger partial charge in [0, 0.05) is 0 Å². The van der Waals surface area contributed by atoms with Gasteiger partial charge < -0.3 is 0 Å². The Kier molecular flexibility index (Phi) is 3.43. The number of nitriles is 1. The first-order chi connectivity index (χ1) is 6.93. The normalized spacial score (nSPS) is 12.9. The predicted molar refractivity (Wildman–Crippen MR) is 60.5 cm³/mol. The Hall–Kier alpha value is -1.41. The maximum atomic E-state index is 11.7. The van der Waals surface area contributed by atoms with Crippen molar-refractivity contribution in [2.24, 2.45) is 0 Å².